The van der Waals surface area contributed by atoms with Gasteiger partial charge in [-0.05, 0) is 62.1 Å². The van der Waals surface area contributed by atoms with Crippen LogP contribution in [0.1, 0.15) is 56.5 Å². The maximum Gasteiger partial charge on any atom is 0.408 e. The van der Waals surface area contributed by atoms with E-state index in [2.05, 4.69) is 17.2 Å². The summed E-state index contributed by atoms with van der Waals surface area (Å²) in [6, 6.07) is 31.6. The van der Waals surface area contributed by atoms with Gasteiger partial charge in [0, 0.05) is 0 Å². The van der Waals surface area contributed by atoms with Crippen molar-refractivity contribution in [2.45, 2.75) is 67.2 Å². The number of ether oxygens (including phenoxy) is 2. The normalized spacial score (nSPS) is 16.7. The van der Waals surface area contributed by atoms with E-state index < -0.39 is 59.1 Å². The number of hydrogen-bond donors (Lipinski definition) is 2. The van der Waals surface area contributed by atoms with Crippen LogP contribution in [0, 0.1) is 0 Å². The molecule has 1 saturated heterocycles. The van der Waals surface area contributed by atoms with E-state index in [0.29, 0.717) is 15.5 Å². The highest BCUT2D eigenvalue weighted by Crippen LogP contribution is 2.42. The van der Waals surface area contributed by atoms with Crippen LogP contribution in [0.25, 0.3) is 10.2 Å². The predicted octanol–water partition coefficient (Wildman–Crippen LogP) is 7.59. The number of alkyl carbamates (subject to hydrolysis) is 1. The number of rotatable bonds is 12. The van der Waals surface area contributed by atoms with Crippen molar-refractivity contribution in [3.05, 3.63) is 144 Å². The lowest BCUT2D eigenvalue weighted by molar-refractivity contribution is -0.165. The van der Waals surface area contributed by atoms with E-state index in [1.165, 1.54) is 28.0 Å². The van der Waals surface area contributed by atoms with Crippen LogP contribution < -0.4 is 10.6 Å². The number of thiazole rings is 1. The molecule has 1 aromatic heterocycles. The van der Waals surface area contributed by atoms with Gasteiger partial charge in [0.25, 0.3) is 0 Å². The zero-order valence-electron chi connectivity index (χ0n) is 29.7. The number of benzene rings is 4. The summed E-state index contributed by atoms with van der Waals surface area (Å²) in [5.74, 6) is -1.81. The Hall–Kier alpha value is -5.46. The summed E-state index contributed by atoms with van der Waals surface area (Å²) in [7, 11) is 0. The van der Waals surface area contributed by atoms with Crippen LogP contribution in [0.2, 0.25) is 0 Å². The summed E-state index contributed by atoms with van der Waals surface area (Å²) in [6.07, 6.45) is -1.54. The number of nitrogens with one attached hydrogen (secondary N) is 2. The molecule has 10 nitrogen and oxygen atoms in total. The molecule has 4 unspecified atom stereocenters. The molecule has 0 saturated carbocycles. The number of carbonyl (C=O) groups is 4. The average Bonchev–Trinajstić information content (AvgIpc) is 3.56. The van der Waals surface area contributed by atoms with Gasteiger partial charge in [-0.25, -0.2) is 14.6 Å². The molecule has 1 fully saturated rings. The maximum absolute atomic E-state index is 14.3. The number of β-lactam (4-membered cyclic amide) rings is 1. The van der Waals surface area contributed by atoms with Gasteiger partial charge in [0.05, 0.1) is 10.2 Å². The van der Waals surface area contributed by atoms with Gasteiger partial charge in [-0.2, -0.15) is 0 Å². The highest BCUT2D eigenvalue weighted by molar-refractivity contribution is 8.01. The first-order valence-corrected chi connectivity index (χ1v) is 18.7. The maximum atomic E-state index is 14.3. The third-order valence-corrected chi connectivity index (χ3v) is 10.7. The Bertz CT molecular complexity index is 2030. The lowest BCUT2D eigenvalue weighted by atomic mass is 9.97. The van der Waals surface area contributed by atoms with Crippen LogP contribution in [0.15, 0.2) is 132 Å². The Morgan fingerprint density at radius 2 is 1.40 bits per heavy atom. The SMILES string of the molecule is C=C(C)C(C(=O)OC(c1ccccc1)c1ccccc1)N1C(=O)C(NC(=O)C(NC(=O)OC(C)(C)C)c2ccccc2)C1Sc1nc2ccccc2s1. The molecule has 4 atom stereocenters. The zero-order valence-corrected chi connectivity index (χ0v) is 31.4. The summed E-state index contributed by atoms with van der Waals surface area (Å²) < 4.78 is 13.3. The molecule has 272 valence electrons. The van der Waals surface area contributed by atoms with Crippen molar-refractivity contribution < 1.29 is 28.7 Å². The van der Waals surface area contributed by atoms with Gasteiger partial charge in [-0.1, -0.05) is 121 Å². The smallest absolute Gasteiger partial charge is 0.408 e. The van der Waals surface area contributed by atoms with Gasteiger partial charge in [0.2, 0.25) is 11.8 Å². The fraction of sp³-hybridized carbons (Fsp3) is 0.244. The third-order valence-electron chi connectivity index (χ3n) is 8.34. The number of fused-ring (bicyclic) bond motifs is 1. The molecule has 2 N–H and O–H groups in total. The standard InChI is InChI=1S/C41H40N4O6S2/c1-25(2)33(38(48)50-34(27-19-11-7-12-20-27)28-21-13-8-14-22-28)45-36(47)32(37(45)53-40-42-29-23-15-16-24-30(29)52-40)43-35(46)31(26-17-9-6-10-18-26)44-39(49)51-41(3,4)5/h6-24,31-34,37H,1H2,2-5H3,(H,43,46)(H,44,49). The predicted molar refractivity (Wildman–Crippen MR) is 206 cm³/mol. The molecule has 0 bridgehead atoms. The summed E-state index contributed by atoms with van der Waals surface area (Å²) in [6.45, 7) is 10.9. The molecule has 4 aromatic carbocycles. The van der Waals surface area contributed by atoms with Gasteiger partial charge in [-0.3, -0.25) is 9.59 Å². The first-order valence-electron chi connectivity index (χ1n) is 17.0. The fourth-order valence-corrected chi connectivity index (χ4v) is 8.42. The summed E-state index contributed by atoms with van der Waals surface area (Å²) in [5, 5.41) is 4.74. The average molecular weight is 749 g/mol. The van der Waals surface area contributed by atoms with E-state index in [1.54, 1.807) is 58.0 Å². The quantitative estimate of drug-likeness (QED) is 0.0760. The zero-order chi connectivity index (χ0) is 37.7. The molecule has 12 heteroatoms. The molecule has 3 amide bonds. The molecule has 6 rings (SSSR count). The van der Waals surface area contributed by atoms with Gasteiger partial charge >= 0.3 is 12.1 Å². The summed E-state index contributed by atoms with van der Waals surface area (Å²) in [4.78, 5) is 61.6. The molecule has 0 aliphatic carbocycles. The number of esters is 1. The number of para-hydroxylation sites is 1. The number of amides is 3. The first kappa shape index (κ1) is 37.3. The topological polar surface area (TPSA) is 127 Å². The van der Waals surface area contributed by atoms with Crippen LogP contribution in [-0.4, -0.2) is 56.8 Å². The molecule has 2 heterocycles. The molecule has 0 spiro atoms. The van der Waals surface area contributed by atoms with E-state index in [-0.39, 0.29) is 0 Å². The van der Waals surface area contributed by atoms with Gasteiger partial charge in [0.15, 0.2) is 16.5 Å². The minimum absolute atomic E-state index is 0.386. The van der Waals surface area contributed by atoms with Crippen molar-refractivity contribution in [2.75, 3.05) is 0 Å². The number of likely N-dealkylation sites (tertiary alicyclic amines) is 1. The lowest BCUT2D eigenvalue weighted by Gasteiger charge is -2.49. The summed E-state index contributed by atoms with van der Waals surface area (Å²) in [5.41, 5.74) is 2.38. The Morgan fingerprint density at radius 3 is 1.94 bits per heavy atom. The van der Waals surface area contributed by atoms with Crippen molar-refractivity contribution in [3.63, 3.8) is 0 Å². The van der Waals surface area contributed by atoms with Crippen molar-refractivity contribution in [1.82, 2.24) is 20.5 Å². The van der Waals surface area contributed by atoms with Crippen LogP contribution in [0.4, 0.5) is 4.79 Å². The largest absolute Gasteiger partial charge is 0.451 e. The number of carbonyl (C=O) groups excluding carboxylic acids is 4. The third kappa shape index (κ3) is 8.78. The molecule has 53 heavy (non-hydrogen) atoms. The first-order chi connectivity index (χ1) is 25.4. The second-order valence-electron chi connectivity index (χ2n) is 13.6. The van der Waals surface area contributed by atoms with Crippen molar-refractivity contribution in [2.24, 2.45) is 0 Å². The second kappa shape index (κ2) is 16.1. The minimum Gasteiger partial charge on any atom is -0.451 e. The van der Waals surface area contributed by atoms with E-state index in [1.807, 2.05) is 84.9 Å². The lowest BCUT2D eigenvalue weighted by Crippen LogP contribution is -2.73. The molecule has 1 aliphatic heterocycles. The Kier molecular flexibility index (Phi) is 11.3. The van der Waals surface area contributed by atoms with Crippen LogP contribution in [0.3, 0.4) is 0 Å². The van der Waals surface area contributed by atoms with Gasteiger partial charge < -0.3 is 25.0 Å². The van der Waals surface area contributed by atoms with Gasteiger partial charge in [-0.15, -0.1) is 11.3 Å². The fourth-order valence-electron chi connectivity index (χ4n) is 5.95. The number of aromatic nitrogens is 1. The number of thioether (sulfide) groups is 1. The summed E-state index contributed by atoms with van der Waals surface area (Å²) >= 11 is 2.70. The molecule has 1 aliphatic rings. The monoisotopic (exact) mass is 748 g/mol. The van der Waals surface area contributed by atoms with Crippen LogP contribution >= 0.6 is 23.1 Å². The van der Waals surface area contributed by atoms with E-state index in [0.717, 1.165) is 21.3 Å². The second-order valence-corrected chi connectivity index (χ2v) is 16.0. The van der Waals surface area contributed by atoms with Crippen molar-refractivity contribution in [1.29, 1.82) is 0 Å². The van der Waals surface area contributed by atoms with Crippen molar-refractivity contribution in [3.8, 4) is 0 Å². The van der Waals surface area contributed by atoms with E-state index >= 15 is 0 Å². The van der Waals surface area contributed by atoms with Crippen molar-refractivity contribution >= 4 is 57.2 Å². The number of nitrogens with zero attached hydrogens (tertiary/aromatic N) is 2. The van der Waals surface area contributed by atoms with Gasteiger partial charge in [0.1, 0.15) is 23.1 Å². The van der Waals surface area contributed by atoms with E-state index in [9.17, 15) is 19.2 Å². The highest BCUT2D eigenvalue weighted by atomic mass is 32.2. The molecular weight excluding hydrogens is 709 g/mol. The highest BCUT2D eigenvalue weighted by Gasteiger charge is 2.55. The number of hydrogen-bond acceptors (Lipinski definition) is 9. The Morgan fingerprint density at radius 1 is 0.849 bits per heavy atom. The minimum atomic E-state index is -1.18. The van der Waals surface area contributed by atoms with Crippen LogP contribution in [-0.2, 0) is 23.9 Å². The molecular formula is C41H40N4O6S2. The Labute approximate surface area is 316 Å². The molecule has 5 aromatic rings. The van der Waals surface area contributed by atoms with E-state index in [4.69, 9.17) is 14.5 Å². The Balaban J connectivity index is 1.31. The van der Waals surface area contributed by atoms with Crippen LogP contribution in [0.5, 0.6) is 0 Å². The molecule has 0 radical (unpaired) electrons.